The van der Waals surface area contributed by atoms with E-state index in [1.807, 2.05) is 13.0 Å². The molecule has 2 aliphatic rings. The molecule has 8 nitrogen and oxygen atoms in total. The summed E-state index contributed by atoms with van der Waals surface area (Å²) in [4.78, 5) is 17.1. The van der Waals surface area contributed by atoms with Gasteiger partial charge in [0.15, 0.2) is 16.6 Å². The fraction of sp³-hybridized carbons (Fsp3) is 0.529. The van der Waals surface area contributed by atoms with Crippen LogP contribution in [0.2, 0.25) is 0 Å². The van der Waals surface area contributed by atoms with Gasteiger partial charge >= 0.3 is 0 Å². The molecule has 1 aromatic carbocycles. The Morgan fingerprint density at radius 1 is 1.33 bits per heavy atom. The van der Waals surface area contributed by atoms with Gasteiger partial charge in [0.2, 0.25) is 15.9 Å². The van der Waals surface area contributed by atoms with Crippen LogP contribution in [-0.2, 0) is 14.8 Å². The fourth-order valence-corrected chi connectivity index (χ4v) is 6.04. The van der Waals surface area contributed by atoms with Crippen molar-refractivity contribution in [2.75, 3.05) is 30.8 Å². The number of aromatic nitrogens is 1. The number of fused-ring (bicyclic) bond motifs is 2. The number of ether oxygens (including phenoxy) is 2. The van der Waals surface area contributed by atoms with Gasteiger partial charge in [0.1, 0.15) is 19.3 Å². The van der Waals surface area contributed by atoms with Crippen LogP contribution in [0.25, 0.3) is 10.2 Å². The molecule has 10 heteroatoms. The molecule has 3 heterocycles. The van der Waals surface area contributed by atoms with E-state index in [-0.39, 0.29) is 11.7 Å². The lowest BCUT2D eigenvalue weighted by Gasteiger charge is -2.22. The van der Waals surface area contributed by atoms with Crippen LogP contribution in [0.15, 0.2) is 12.1 Å². The minimum absolute atomic E-state index is 0.0590. The molecule has 0 bridgehead atoms. The Balaban J connectivity index is 1.54. The number of hydrogen-bond donors (Lipinski definition) is 1. The van der Waals surface area contributed by atoms with Gasteiger partial charge in [-0.25, -0.2) is 13.4 Å². The third-order valence-corrected chi connectivity index (χ3v) is 7.62. The van der Waals surface area contributed by atoms with Crippen LogP contribution in [0.1, 0.15) is 26.2 Å². The van der Waals surface area contributed by atoms with Gasteiger partial charge in [-0.05, 0) is 19.3 Å². The van der Waals surface area contributed by atoms with E-state index in [2.05, 4.69) is 10.3 Å². The van der Waals surface area contributed by atoms with E-state index in [9.17, 15) is 13.2 Å². The average Bonchev–Trinajstić information content (AvgIpc) is 3.26. The van der Waals surface area contributed by atoms with Gasteiger partial charge < -0.3 is 14.8 Å². The van der Waals surface area contributed by atoms with E-state index in [4.69, 9.17) is 9.47 Å². The number of carbonyl (C=O) groups is 1. The monoisotopic (exact) mass is 411 g/mol. The van der Waals surface area contributed by atoms with Gasteiger partial charge in [0.05, 0.1) is 16.0 Å². The van der Waals surface area contributed by atoms with Crippen LogP contribution < -0.4 is 14.8 Å². The molecular formula is C17H21N3O5S2. The van der Waals surface area contributed by atoms with E-state index in [0.717, 1.165) is 4.70 Å². The van der Waals surface area contributed by atoms with E-state index in [1.54, 1.807) is 6.07 Å². The normalized spacial score (nSPS) is 20.1. The zero-order valence-corrected chi connectivity index (χ0v) is 16.6. The lowest BCUT2D eigenvalue weighted by Crippen LogP contribution is -2.43. The standard InChI is InChI=1S/C17H21N3O5S2/c1-2-8-27(22,23)20-5-3-4-12(20)16(21)19-17-18-11-9-13-14(10-15(11)26-17)25-7-6-24-13/h9-10,12H,2-8H2,1H3,(H,18,19,21). The number of rotatable bonds is 5. The second-order valence-corrected chi connectivity index (χ2v) is 9.63. The molecule has 0 radical (unpaired) electrons. The summed E-state index contributed by atoms with van der Waals surface area (Å²) >= 11 is 1.33. The zero-order chi connectivity index (χ0) is 19.0. The van der Waals surface area contributed by atoms with E-state index in [1.165, 1.54) is 15.6 Å². The smallest absolute Gasteiger partial charge is 0.244 e. The van der Waals surface area contributed by atoms with Crippen molar-refractivity contribution in [3.63, 3.8) is 0 Å². The summed E-state index contributed by atoms with van der Waals surface area (Å²) in [5.41, 5.74) is 0.710. The average molecular weight is 412 g/mol. The maximum Gasteiger partial charge on any atom is 0.244 e. The second kappa shape index (κ2) is 7.25. The quantitative estimate of drug-likeness (QED) is 0.810. The van der Waals surface area contributed by atoms with Gasteiger partial charge in [-0.1, -0.05) is 18.3 Å². The number of thiazole rings is 1. The Labute approximate surface area is 161 Å². The largest absolute Gasteiger partial charge is 0.486 e. The lowest BCUT2D eigenvalue weighted by atomic mass is 10.2. The van der Waals surface area contributed by atoms with E-state index >= 15 is 0 Å². The van der Waals surface area contributed by atoms with Gasteiger partial charge in [0.25, 0.3) is 0 Å². The number of carbonyl (C=O) groups excluding carboxylic acids is 1. The predicted molar refractivity (Wildman–Crippen MR) is 103 cm³/mol. The second-order valence-electron chi connectivity index (χ2n) is 6.56. The van der Waals surface area contributed by atoms with Gasteiger partial charge in [0, 0.05) is 18.7 Å². The molecule has 1 atom stereocenters. The van der Waals surface area contributed by atoms with E-state index in [0.29, 0.717) is 61.2 Å². The van der Waals surface area contributed by atoms with Gasteiger partial charge in [-0.2, -0.15) is 4.31 Å². The number of nitrogens with one attached hydrogen (secondary N) is 1. The lowest BCUT2D eigenvalue weighted by molar-refractivity contribution is -0.119. The Kier molecular flexibility index (Phi) is 4.95. The Morgan fingerprint density at radius 2 is 2.07 bits per heavy atom. The predicted octanol–water partition coefficient (Wildman–Crippen LogP) is 2.21. The summed E-state index contributed by atoms with van der Waals surface area (Å²) in [5, 5.41) is 3.23. The highest BCUT2D eigenvalue weighted by Gasteiger charge is 2.38. The molecule has 146 valence electrons. The molecule has 2 aliphatic heterocycles. The Hall–Kier alpha value is -1.91. The molecule has 1 aromatic heterocycles. The SMILES string of the molecule is CCCS(=O)(=O)N1CCCC1C(=O)Nc1nc2cc3c(cc2s1)OCCO3. The molecule has 2 aromatic rings. The van der Waals surface area contributed by atoms with Crippen molar-refractivity contribution >= 4 is 42.6 Å². The molecule has 1 amide bonds. The summed E-state index contributed by atoms with van der Waals surface area (Å²) in [7, 11) is -3.41. The highest BCUT2D eigenvalue weighted by Crippen LogP contribution is 2.38. The maximum absolute atomic E-state index is 12.7. The molecule has 4 rings (SSSR count). The van der Waals surface area contributed by atoms with Crippen molar-refractivity contribution < 1.29 is 22.7 Å². The van der Waals surface area contributed by atoms with Crippen molar-refractivity contribution in [1.29, 1.82) is 0 Å². The number of sulfonamides is 1. The van der Waals surface area contributed by atoms with Crippen LogP contribution in [0.5, 0.6) is 11.5 Å². The first-order valence-corrected chi connectivity index (χ1v) is 11.4. The first-order chi connectivity index (χ1) is 13.0. The Morgan fingerprint density at radius 3 is 2.81 bits per heavy atom. The number of hydrogen-bond acceptors (Lipinski definition) is 7. The van der Waals surface area contributed by atoms with Crippen molar-refractivity contribution in [1.82, 2.24) is 9.29 Å². The summed E-state index contributed by atoms with van der Waals surface area (Å²) in [6.07, 6.45) is 1.73. The first kappa shape index (κ1) is 18.5. The van der Waals surface area contributed by atoms with Crippen LogP contribution in [0.3, 0.4) is 0 Å². The summed E-state index contributed by atoms with van der Waals surface area (Å²) < 4.78 is 38.1. The molecule has 0 spiro atoms. The molecule has 1 unspecified atom stereocenters. The third kappa shape index (κ3) is 3.61. The molecule has 27 heavy (non-hydrogen) atoms. The van der Waals surface area contributed by atoms with Crippen molar-refractivity contribution in [2.24, 2.45) is 0 Å². The van der Waals surface area contributed by atoms with Crippen molar-refractivity contribution in [3.8, 4) is 11.5 Å². The topological polar surface area (TPSA) is 97.8 Å². The van der Waals surface area contributed by atoms with Gasteiger partial charge in [-0.15, -0.1) is 0 Å². The minimum atomic E-state index is -3.41. The highest BCUT2D eigenvalue weighted by atomic mass is 32.2. The molecule has 0 aliphatic carbocycles. The van der Waals surface area contributed by atoms with Crippen LogP contribution in [0.4, 0.5) is 5.13 Å². The molecule has 1 N–H and O–H groups in total. The number of nitrogens with zero attached hydrogens (tertiary/aromatic N) is 2. The number of amides is 1. The summed E-state index contributed by atoms with van der Waals surface area (Å²) in [5.74, 6) is 1.04. The highest BCUT2D eigenvalue weighted by molar-refractivity contribution is 7.89. The number of benzene rings is 1. The van der Waals surface area contributed by atoms with Crippen LogP contribution in [-0.4, -0.2) is 55.2 Å². The van der Waals surface area contributed by atoms with Crippen molar-refractivity contribution in [2.45, 2.75) is 32.2 Å². The Bertz CT molecular complexity index is 929. The fourth-order valence-electron chi connectivity index (χ4n) is 3.42. The summed E-state index contributed by atoms with van der Waals surface area (Å²) in [6.45, 7) is 3.21. The van der Waals surface area contributed by atoms with Crippen LogP contribution >= 0.6 is 11.3 Å². The molecule has 1 saturated heterocycles. The first-order valence-electron chi connectivity index (χ1n) is 8.98. The molecule has 0 saturated carbocycles. The maximum atomic E-state index is 12.7. The molecular weight excluding hydrogens is 390 g/mol. The number of anilines is 1. The molecule has 1 fully saturated rings. The minimum Gasteiger partial charge on any atom is -0.486 e. The van der Waals surface area contributed by atoms with E-state index < -0.39 is 16.1 Å². The van der Waals surface area contributed by atoms with Crippen LogP contribution in [0, 0.1) is 0 Å². The summed E-state index contributed by atoms with van der Waals surface area (Å²) in [6, 6.07) is 2.97. The van der Waals surface area contributed by atoms with Crippen molar-refractivity contribution in [3.05, 3.63) is 12.1 Å². The van der Waals surface area contributed by atoms with Gasteiger partial charge in [-0.3, -0.25) is 4.79 Å². The third-order valence-electron chi connectivity index (χ3n) is 4.61. The zero-order valence-electron chi connectivity index (χ0n) is 14.9.